The van der Waals surface area contributed by atoms with Crippen molar-refractivity contribution in [3.63, 3.8) is 0 Å². The van der Waals surface area contributed by atoms with Gasteiger partial charge in [-0.05, 0) is 31.0 Å². The van der Waals surface area contributed by atoms with E-state index in [0.29, 0.717) is 25.9 Å². The van der Waals surface area contributed by atoms with Crippen LogP contribution < -0.4 is 5.32 Å². The molecule has 0 bridgehead atoms. The number of aryl methyl sites for hydroxylation is 3. The van der Waals surface area contributed by atoms with Crippen LogP contribution in [0.15, 0.2) is 48.9 Å². The molecular formula is C22H24N6O2. The zero-order chi connectivity index (χ0) is 20.9. The standard InChI is InChI=1S/C22H24N6O2/c1-15-7-10-27(25-15)11-8-19(29)28-12-9-22(20(28)16-13-23-26(2)14-16)17-5-3-4-6-18(17)24-21(22)30/h3-7,10,13-14,20H,8-9,11-12H2,1-2H3,(H,24,30)/t20-,22+/m0/s1. The van der Waals surface area contributed by atoms with Gasteiger partial charge in [0.25, 0.3) is 0 Å². The molecular weight excluding hydrogens is 380 g/mol. The molecule has 0 unspecified atom stereocenters. The third-order valence-corrected chi connectivity index (χ3v) is 6.28. The Morgan fingerprint density at radius 2 is 2.13 bits per heavy atom. The molecule has 0 saturated carbocycles. The van der Waals surface area contributed by atoms with Gasteiger partial charge in [-0.2, -0.15) is 10.2 Å². The first-order valence-electron chi connectivity index (χ1n) is 10.2. The van der Waals surface area contributed by atoms with Crippen LogP contribution in [0.1, 0.15) is 35.7 Å². The maximum atomic E-state index is 13.3. The number of nitrogens with one attached hydrogen (secondary N) is 1. The van der Waals surface area contributed by atoms with Gasteiger partial charge in [-0.15, -0.1) is 0 Å². The maximum absolute atomic E-state index is 13.3. The number of carbonyl (C=O) groups is 2. The topological polar surface area (TPSA) is 85.0 Å². The van der Waals surface area contributed by atoms with Gasteiger partial charge in [0.2, 0.25) is 11.8 Å². The number of carbonyl (C=O) groups excluding carboxylic acids is 2. The quantitative estimate of drug-likeness (QED) is 0.722. The van der Waals surface area contributed by atoms with Crippen molar-refractivity contribution in [2.75, 3.05) is 11.9 Å². The van der Waals surface area contributed by atoms with Crippen LogP contribution >= 0.6 is 0 Å². The summed E-state index contributed by atoms with van der Waals surface area (Å²) in [5.74, 6) is -0.0263. The van der Waals surface area contributed by atoms with E-state index in [-0.39, 0.29) is 17.9 Å². The van der Waals surface area contributed by atoms with Crippen molar-refractivity contribution in [1.29, 1.82) is 0 Å². The lowest BCUT2D eigenvalue weighted by atomic mass is 9.73. The second kappa shape index (κ2) is 6.83. The Hall–Kier alpha value is -3.42. The first kappa shape index (κ1) is 18.6. The summed E-state index contributed by atoms with van der Waals surface area (Å²) in [6.07, 6.45) is 6.47. The molecule has 1 saturated heterocycles. The van der Waals surface area contributed by atoms with E-state index in [1.807, 2.05) is 61.6 Å². The van der Waals surface area contributed by atoms with Crippen LogP contribution in [-0.2, 0) is 28.6 Å². The van der Waals surface area contributed by atoms with Gasteiger partial charge >= 0.3 is 0 Å². The third kappa shape index (κ3) is 2.74. The molecule has 8 nitrogen and oxygen atoms in total. The highest BCUT2D eigenvalue weighted by Gasteiger charge is 2.59. The Bertz CT molecular complexity index is 1130. The molecule has 8 heteroatoms. The summed E-state index contributed by atoms with van der Waals surface area (Å²) in [5.41, 5.74) is 2.80. The van der Waals surface area contributed by atoms with Crippen LogP contribution in [-0.4, -0.2) is 42.8 Å². The molecule has 30 heavy (non-hydrogen) atoms. The number of anilines is 1. The highest BCUT2D eigenvalue weighted by molar-refractivity contribution is 6.07. The molecule has 1 N–H and O–H groups in total. The SMILES string of the molecule is Cc1ccn(CCC(=O)N2CC[C@]3(C(=O)Nc4ccccc43)[C@@H]2c2cnn(C)c2)n1. The largest absolute Gasteiger partial charge is 0.334 e. The van der Waals surface area contributed by atoms with E-state index >= 15 is 0 Å². The average Bonchev–Trinajstić information content (AvgIpc) is 3.49. The molecule has 2 aliphatic rings. The van der Waals surface area contributed by atoms with E-state index in [1.54, 1.807) is 15.6 Å². The van der Waals surface area contributed by atoms with Crippen LogP contribution in [0.3, 0.4) is 0 Å². The maximum Gasteiger partial charge on any atom is 0.237 e. The fraction of sp³-hybridized carbons (Fsp3) is 0.364. The molecule has 1 fully saturated rings. The molecule has 2 aliphatic heterocycles. The average molecular weight is 404 g/mol. The van der Waals surface area contributed by atoms with Gasteiger partial charge < -0.3 is 10.2 Å². The number of para-hydroxylation sites is 1. The highest BCUT2D eigenvalue weighted by atomic mass is 16.2. The molecule has 154 valence electrons. The van der Waals surface area contributed by atoms with E-state index in [9.17, 15) is 9.59 Å². The van der Waals surface area contributed by atoms with Crippen molar-refractivity contribution < 1.29 is 9.59 Å². The Morgan fingerprint density at radius 3 is 2.87 bits per heavy atom. The van der Waals surface area contributed by atoms with Gasteiger partial charge in [-0.1, -0.05) is 18.2 Å². The summed E-state index contributed by atoms with van der Waals surface area (Å²) in [7, 11) is 1.85. The van der Waals surface area contributed by atoms with E-state index in [0.717, 1.165) is 22.5 Å². The number of nitrogens with zero attached hydrogens (tertiary/aromatic N) is 5. The Labute approximate surface area is 174 Å². The number of hydrogen-bond donors (Lipinski definition) is 1. The Balaban J connectivity index is 1.51. The summed E-state index contributed by atoms with van der Waals surface area (Å²) < 4.78 is 3.50. The van der Waals surface area contributed by atoms with Crippen molar-refractivity contribution >= 4 is 17.5 Å². The summed E-state index contributed by atoms with van der Waals surface area (Å²) in [6.45, 7) is 2.97. The number of rotatable bonds is 4. The Kier molecular flexibility index (Phi) is 4.23. The molecule has 5 rings (SSSR count). The number of likely N-dealkylation sites (tertiary alicyclic amines) is 1. The summed E-state index contributed by atoms with van der Waals surface area (Å²) in [6, 6.07) is 9.33. The minimum absolute atomic E-state index is 0.0195. The number of aromatic nitrogens is 4. The molecule has 2 amide bonds. The lowest BCUT2D eigenvalue weighted by Crippen LogP contribution is -2.42. The van der Waals surface area contributed by atoms with Gasteiger partial charge in [0.15, 0.2) is 0 Å². The summed E-state index contributed by atoms with van der Waals surface area (Å²) >= 11 is 0. The minimum Gasteiger partial charge on any atom is -0.334 e. The van der Waals surface area contributed by atoms with Gasteiger partial charge in [0.1, 0.15) is 5.41 Å². The smallest absolute Gasteiger partial charge is 0.237 e. The van der Waals surface area contributed by atoms with Gasteiger partial charge in [0, 0.05) is 50.2 Å². The third-order valence-electron chi connectivity index (χ3n) is 6.28. The molecule has 1 spiro atoms. The molecule has 1 aromatic carbocycles. The van der Waals surface area contributed by atoms with Gasteiger partial charge in [0.05, 0.1) is 17.9 Å². The fourth-order valence-corrected chi connectivity index (χ4v) is 4.94. The first-order valence-corrected chi connectivity index (χ1v) is 10.2. The second-order valence-electron chi connectivity index (χ2n) is 8.13. The highest BCUT2D eigenvalue weighted by Crippen LogP contribution is 2.54. The number of benzene rings is 1. The minimum atomic E-state index is -0.794. The van der Waals surface area contributed by atoms with Crippen LogP contribution in [0.5, 0.6) is 0 Å². The van der Waals surface area contributed by atoms with Crippen molar-refractivity contribution in [3.8, 4) is 0 Å². The molecule has 2 aromatic heterocycles. The monoisotopic (exact) mass is 404 g/mol. The number of hydrogen-bond acceptors (Lipinski definition) is 4. The zero-order valence-corrected chi connectivity index (χ0v) is 17.1. The van der Waals surface area contributed by atoms with Crippen LogP contribution in [0.25, 0.3) is 0 Å². The van der Waals surface area contributed by atoms with E-state index in [2.05, 4.69) is 15.5 Å². The van der Waals surface area contributed by atoms with Gasteiger partial charge in [-0.3, -0.25) is 19.0 Å². The van der Waals surface area contributed by atoms with E-state index < -0.39 is 5.41 Å². The number of fused-ring (bicyclic) bond motifs is 2. The van der Waals surface area contributed by atoms with E-state index in [4.69, 9.17) is 0 Å². The first-order chi connectivity index (χ1) is 14.5. The molecule has 0 aliphatic carbocycles. The van der Waals surface area contributed by atoms with Crippen molar-refractivity contribution in [2.24, 2.45) is 7.05 Å². The van der Waals surface area contributed by atoms with Gasteiger partial charge in [-0.25, -0.2) is 0 Å². The lowest BCUT2D eigenvalue weighted by molar-refractivity contribution is -0.133. The fourth-order valence-electron chi connectivity index (χ4n) is 4.94. The number of amides is 2. The van der Waals surface area contributed by atoms with Crippen molar-refractivity contribution in [1.82, 2.24) is 24.5 Å². The van der Waals surface area contributed by atoms with Crippen molar-refractivity contribution in [3.05, 3.63) is 65.7 Å². The normalized spacial score (nSPS) is 22.5. The predicted octanol–water partition coefficient (Wildman–Crippen LogP) is 2.18. The lowest BCUT2D eigenvalue weighted by Gasteiger charge is -2.33. The molecule has 0 radical (unpaired) electrons. The van der Waals surface area contributed by atoms with E-state index in [1.165, 1.54) is 0 Å². The van der Waals surface area contributed by atoms with Crippen LogP contribution in [0.4, 0.5) is 5.69 Å². The molecule has 2 atom stereocenters. The van der Waals surface area contributed by atoms with Crippen molar-refractivity contribution in [2.45, 2.75) is 37.8 Å². The van der Waals surface area contributed by atoms with Crippen LogP contribution in [0, 0.1) is 6.92 Å². The predicted molar refractivity (Wildman–Crippen MR) is 111 cm³/mol. The molecule has 3 aromatic rings. The summed E-state index contributed by atoms with van der Waals surface area (Å²) in [5, 5.41) is 11.7. The molecule has 4 heterocycles. The Morgan fingerprint density at radius 1 is 1.30 bits per heavy atom. The second-order valence-corrected chi connectivity index (χ2v) is 8.13. The zero-order valence-electron chi connectivity index (χ0n) is 17.1. The van der Waals surface area contributed by atoms with Crippen LogP contribution in [0.2, 0.25) is 0 Å². The summed E-state index contributed by atoms with van der Waals surface area (Å²) in [4.78, 5) is 28.5.